The molecule has 0 rings (SSSR count). The summed E-state index contributed by atoms with van der Waals surface area (Å²) < 4.78 is 32.6. The minimum atomic E-state index is -4.13. The zero-order valence-corrected chi connectivity index (χ0v) is 6.95. The number of carbonyl (C=O) groups is 1. The van der Waals surface area contributed by atoms with E-state index in [1.54, 1.807) is 0 Å². The Hall–Kier alpha value is -1.14. The number of carbonyl (C=O) groups excluding carboxylic acids is 1. The number of esters is 1. The van der Waals surface area contributed by atoms with Gasteiger partial charge >= 0.3 is 5.97 Å². The van der Waals surface area contributed by atoms with Crippen LogP contribution in [0.3, 0.4) is 0 Å². The van der Waals surface area contributed by atoms with Gasteiger partial charge in [0.2, 0.25) is 0 Å². The molecule has 0 heterocycles. The molecule has 0 bridgehead atoms. The second-order valence-electron chi connectivity index (χ2n) is 1.72. The third-order valence-corrected chi connectivity index (χ3v) is 1.29. The first-order chi connectivity index (χ1) is 5.45. The highest BCUT2D eigenvalue weighted by Gasteiger charge is 1.95. The lowest BCUT2D eigenvalue weighted by molar-refractivity contribution is -0.136. The van der Waals surface area contributed by atoms with Crippen molar-refractivity contribution in [2.24, 2.45) is 0 Å². The summed E-state index contributed by atoms with van der Waals surface area (Å²) in [5.41, 5.74) is 0. The second-order valence-corrected chi connectivity index (χ2v) is 3.02. The van der Waals surface area contributed by atoms with Crippen LogP contribution >= 0.6 is 0 Å². The van der Waals surface area contributed by atoms with Crippen molar-refractivity contribution >= 4 is 16.1 Å². The van der Waals surface area contributed by atoms with Gasteiger partial charge in [-0.3, -0.25) is 4.55 Å². The Morgan fingerprint density at radius 3 is 2.58 bits per heavy atom. The number of ether oxygens (including phenoxy) is 1. The average Bonchev–Trinajstić information content (AvgIpc) is 1.96. The van der Waals surface area contributed by atoms with Crippen LogP contribution in [0.1, 0.15) is 0 Å². The quantitative estimate of drug-likeness (QED) is 0.388. The van der Waals surface area contributed by atoms with Gasteiger partial charge in [0.25, 0.3) is 10.1 Å². The zero-order valence-electron chi connectivity index (χ0n) is 6.13. The largest absolute Gasteiger partial charge is 0.458 e. The van der Waals surface area contributed by atoms with Crippen molar-refractivity contribution < 1.29 is 22.5 Å². The summed E-state index contributed by atoms with van der Waals surface area (Å²) in [7, 11) is -4.13. The third kappa shape index (κ3) is 6.97. The Morgan fingerprint density at radius 2 is 2.17 bits per heavy atom. The summed E-state index contributed by atoms with van der Waals surface area (Å²) in [4.78, 5) is 10.4. The highest BCUT2D eigenvalue weighted by atomic mass is 32.2. The van der Waals surface area contributed by atoms with Gasteiger partial charge in [0.15, 0.2) is 0 Å². The Bertz CT molecular complexity index is 287. The minimum absolute atomic E-state index is 0.218. The van der Waals surface area contributed by atoms with Crippen molar-refractivity contribution in [3.8, 4) is 0 Å². The van der Waals surface area contributed by atoms with Gasteiger partial charge in [0.05, 0.1) is 5.41 Å². The predicted octanol–water partition coefficient (Wildman–Crippen LogP) is 0.117. The fraction of sp³-hybridized carbons (Fsp3) is 0.167. The smallest absolute Gasteiger partial charge is 0.330 e. The van der Waals surface area contributed by atoms with Gasteiger partial charge in [-0.1, -0.05) is 6.58 Å². The normalized spacial score (nSPS) is 11.4. The predicted molar refractivity (Wildman–Crippen MR) is 41.8 cm³/mol. The molecule has 0 spiro atoms. The summed E-state index contributed by atoms with van der Waals surface area (Å²) in [6, 6.07) is 0. The van der Waals surface area contributed by atoms with Crippen molar-refractivity contribution in [3.05, 3.63) is 24.1 Å². The van der Waals surface area contributed by atoms with Crippen LogP contribution in [0.25, 0.3) is 0 Å². The first-order valence-corrected chi connectivity index (χ1v) is 4.39. The molecule has 6 heteroatoms. The van der Waals surface area contributed by atoms with E-state index in [-0.39, 0.29) is 6.61 Å². The summed E-state index contributed by atoms with van der Waals surface area (Å²) >= 11 is 0. The van der Waals surface area contributed by atoms with Crippen LogP contribution in [0.2, 0.25) is 0 Å². The SMILES string of the molecule is C=CC(=O)OCC=CS(=O)(=O)O. The lowest BCUT2D eigenvalue weighted by Crippen LogP contribution is -2.00. The number of hydrogen-bond donors (Lipinski definition) is 1. The van der Waals surface area contributed by atoms with Gasteiger partial charge in [0, 0.05) is 6.08 Å². The van der Waals surface area contributed by atoms with Crippen LogP contribution in [-0.2, 0) is 19.6 Å². The minimum Gasteiger partial charge on any atom is -0.458 e. The van der Waals surface area contributed by atoms with Gasteiger partial charge in [-0.15, -0.1) is 0 Å². The summed E-state index contributed by atoms with van der Waals surface area (Å²) in [5, 5.41) is 0.531. The van der Waals surface area contributed by atoms with Crippen molar-refractivity contribution in [1.82, 2.24) is 0 Å². The zero-order chi connectivity index (χ0) is 9.61. The van der Waals surface area contributed by atoms with Crippen LogP contribution < -0.4 is 0 Å². The monoisotopic (exact) mass is 192 g/mol. The first-order valence-electron chi connectivity index (χ1n) is 2.89. The third-order valence-electron chi connectivity index (χ3n) is 0.757. The van der Waals surface area contributed by atoms with Gasteiger partial charge in [-0.05, 0) is 6.08 Å². The lowest BCUT2D eigenvalue weighted by Gasteiger charge is -1.93. The molecular weight excluding hydrogens is 184 g/mol. The van der Waals surface area contributed by atoms with E-state index in [0.29, 0.717) is 5.41 Å². The molecular formula is C6H8O5S. The molecule has 0 aromatic heterocycles. The average molecular weight is 192 g/mol. The molecule has 68 valence electrons. The van der Waals surface area contributed by atoms with Gasteiger partial charge in [-0.25, -0.2) is 4.79 Å². The number of rotatable bonds is 4. The maximum atomic E-state index is 10.4. The molecule has 0 aromatic rings. The topological polar surface area (TPSA) is 80.7 Å². The Balaban J connectivity index is 3.79. The second kappa shape index (κ2) is 4.68. The Morgan fingerprint density at radius 1 is 1.58 bits per heavy atom. The molecule has 0 saturated carbocycles. The summed E-state index contributed by atoms with van der Waals surface area (Å²) in [6.07, 6.45) is 1.94. The van der Waals surface area contributed by atoms with Crippen molar-refractivity contribution in [2.45, 2.75) is 0 Å². The van der Waals surface area contributed by atoms with Crippen LogP contribution in [0.4, 0.5) is 0 Å². The molecule has 12 heavy (non-hydrogen) atoms. The van der Waals surface area contributed by atoms with E-state index in [2.05, 4.69) is 11.3 Å². The molecule has 0 aromatic carbocycles. The maximum absolute atomic E-state index is 10.4. The van der Waals surface area contributed by atoms with Crippen LogP contribution in [-0.4, -0.2) is 25.5 Å². The maximum Gasteiger partial charge on any atom is 0.330 e. The van der Waals surface area contributed by atoms with Crippen LogP contribution in [0.5, 0.6) is 0 Å². The molecule has 0 saturated heterocycles. The first kappa shape index (κ1) is 10.9. The molecule has 0 fully saturated rings. The van der Waals surface area contributed by atoms with E-state index in [0.717, 1.165) is 12.2 Å². The van der Waals surface area contributed by atoms with Crippen molar-refractivity contribution in [1.29, 1.82) is 0 Å². The molecule has 0 aliphatic carbocycles. The van der Waals surface area contributed by atoms with E-state index < -0.39 is 16.1 Å². The lowest BCUT2D eigenvalue weighted by atomic mass is 10.6. The number of hydrogen-bond acceptors (Lipinski definition) is 4. The molecule has 0 amide bonds. The standard InChI is InChI=1S/C6H8O5S/c1-2-6(7)11-4-3-5-12(8,9)10/h2-3,5H,1,4H2,(H,8,9,10). The highest BCUT2D eigenvalue weighted by molar-refractivity contribution is 7.88. The van der Waals surface area contributed by atoms with Crippen molar-refractivity contribution in [2.75, 3.05) is 6.61 Å². The fourth-order valence-electron chi connectivity index (χ4n) is 0.350. The summed E-state index contributed by atoms with van der Waals surface area (Å²) in [6.45, 7) is 2.90. The van der Waals surface area contributed by atoms with Gasteiger partial charge in [0.1, 0.15) is 6.61 Å². The van der Waals surface area contributed by atoms with Gasteiger partial charge in [-0.2, -0.15) is 8.42 Å². The Labute approximate surface area is 70.1 Å². The molecule has 0 aliphatic rings. The molecule has 0 radical (unpaired) electrons. The van der Waals surface area contributed by atoms with E-state index in [1.807, 2.05) is 0 Å². The summed E-state index contributed by atoms with van der Waals surface area (Å²) in [5.74, 6) is -0.657. The van der Waals surface area contributed by atoms with Gasteiger partial charge < -0.3 is 4.74 Å². The Kier molecular flexibility index (Phi) is 4.24. The molecule has 5 nitrogen and oxygen atoms in total. The van der Waals surface area contributed by atoms with Crippen LogP contribution in [0, 0.1) is 0 Å². The van der Waals surface area contributed by atoms with E-state index in [1.165, 1.54) is 0 Å². The van der Waals surface area contributed by atoms with E-state index in [4.69, 9.17) is 4.55 Å². The molecule has 0 aliphatic heterocycles. The highest BCUT2D eigenvalue weighted by Crippen LogP contribution is 1.86. The van der Waals surface area contributed by atoms with E-state index >= 15 is 0 Å². The van der Waals surface area contributed by atoms with Crippen molar-refractivity contribution in [3.63, 3.8) is 0 Å². The van der Waals surface area contributed by atoms with E-state index in [9.17, 15) is 13.2 Å². The molecule has 0 unspecified atom stereocenters. The van der Waals surface area contributed by atoms with Crippen LogP contribution in [0.15, 0.2) is 24.1 Å². The molecule has 1 N–H and O–H groups in total. The fourth-order valence-corrected chi connectivity index (χ4v) is 0.672. The molecule has 0 atom stereocenters.